The average molecular weight is 340 g/mol. The van der Waals surface area contributed by atoms with Crippen LogP contribution in [-0.2, 0) is 4.79 Å². The van der Waals surface area contributed by atoms with Gasteiger partial charge in [0, 0.05) is 6.04 Å². The highest BCUT2D eigenvalue weighted by atomic mass is 32.2. The van der Waals surface area contributed by atoms with Crippen molar-refractivity contribution in [2.24, 2.45) is 17.8 Å². The summed E-state index contributed by atoms with van der Waals surface area (Å²) in [7, 11) is 0. The van der Waals surface area contributed by atoms with Gasteiger partial charge in [0.1, 0.15) is 5.51 Å². The number of nitrogens with one attached hydrogen (secondary N) is 2. The molecule has 1 aromatic rings. The molecule has 0 aromatic carbocycles. The highest BCUT2D eigenvalue weighted by Crippen LogP contribution is 2.49. The lowest BCUT2D eigenvalue weighted by Crippen LogP contribution is -2.47. The van der Waals surface area contributed by atoms with Crippen LogP contribution in [0.5, 0.6) is 0 Å². The number of amides is 3. The highest BCUT2D eigenvalue weighted by Gasteiger charge is 2.42. The third kappa shape index (κ3) is 3.78. The second kappa shape index (κ2) is 6.95. The first-order valence-corrected chi connectivity index (χ1v) is 9.47. The Kier molecular flexibility index (Phi) is 4.97. The average Bonchev–Trinajstić information content (AvgIpc) is 3.22. The SMILES string of the molecule is C[C@@H](NC(=O)NC(=O)CSc1nncs1)[C@H]1C[C@H]2CC[C@H]1C2. The first-order valence-electron chi connectivity index (χ1n) is 7.61. The minimum atomic E-state index is -0.391. The first-order chi connectivity index (χ1) is 10.6. The van der Waals surface area contributed by atoms with E-state index in [9.17, 15) is 9.59 Å². The van der Waals surface area contributed by atoms with Crippen molar-refractivity contribution in [3.8, 4) is 0 Å². The molecule has 0 saturated heterocycles. The molecule has 8 heteroatoms. The summed E-state index contributed by atoms with van der Waals surface area (Å²) in [6.45, 7) is 2.05. The predicted octanol–water partition coefficient (Wildman–Crippen LogP) is 2.28. The summed E-state index contributed by atoms with van der Waals surface area (Å²) in [6, 6.07) is -0.267. The van der Waals surface area contributed by atoms with Gasteiger partial charge < -0.3 is 5.32 Å². The Bertz CT molecular complexity index is 537. The molecule has 22 heavy (non-hydrogen) atoms. The number of thioether (sulfide) groups is 1. The molecule has 2 N–H and O–H groups in total. The zero-order valence-corrected chi connectivity index (χ0v) is 14.1. The summed E-state index contributed by atoms with van der Waals surface area (Å²) in [4.78, 5) is 23.7. The van der Waals surface area contributed by atoms with Crippen molar-refractivity contribution in [2.45, 2.75) is 43.0 Å². The summed E-state index contributed by atoms with van der Waals surface area (Å²) < 4.78 is 0.728. The van der Waals surface area contributed by atoms with Crippen LogP contribution in [0.1, 0.15) is 32.6 Å². The van der Waals surface area contributed by atoms with Crippen molar-refractivity contribution in [1.82, 2.24) is 20.8 Å². The van der Waals surface area contributed by atoms with E-state index in [-0.39, 0.29) is 17.7 Å². The zero-order chi connectivity index (χ0) is 15.5. The molecule has 2 bridgehead atoms. The van der Waals surface area contributed by atoms with Gasteiger partial charge in [0.05, 0.1) is 5.75 Å². The maximum absolute atomic E-state index is 11.9. The molecule has 1 aromatic heterocycles. The lowest BCUT2D eigenvalue weighted by Gasteiger charge is -2.28. The van der Waals surface area contributed by atoms with Gasteiger partial charge in [-0.3, -0.25) is 10.1 Å². The number of carbonyl (C=O) groups excluding carboxylic acids is 2. The van der Waals surface area contributed by atoms with Gasteiger partial charge in [0.25, 0.3) is 0 Å². The molecule has 3 rings (SSSR count). The van der Waals surface area contributed by atoms with Crippen LogP contribution in [0.4, 0.5) is 4.79 Å². The van der Waals surface area contributed by atoms with Crippen LogP contribution in [0.2, 0.25) is 0 Å². The number of hydrogen-bond donors (Lipinski definition) is 2. The van der Waals surface area contributed by atoms with E-state index in [0.717, 1.165) is 16.2 Å². The Balaban J connectivity index is 1.39. The maximum Gasteiger partial charge on any atom is 0.321 e. The van der Waals surface area contributed by atoms with E-state index in [4.69, 9.17) is 0 Å². The molecule has 0 spiro atoms. The lowest BCUT2D eigenvalue weighted by molar-refractivity contribution is -0.117. The summed E-state index contributed by atoms with van der Waals surface area (Å²) in [5.41, 5.74) is 1.62. The van der Waals surface area contributed by atoms with Gasteiger partial charge >= 0.3 is 6.03 Å². The standard InChI is InChI=1S/C14H20N4O2S2/c1-8(11-5-9-2-3-10(11)4-9)16-13(20)17-12(19)6-21-14-18-15-7-22-14/h7-11H,2-6H2,1H3,(H2,16,17,19,20)/t8-,9+,10+,11-/m1/s1. The summed E-state index contributed by atoms with van der Waals surface area (Å²) >= 11 is 2.66. The van der Waals surface area contributed by atoms with Crippen LogP contribution in [0.15, 0.2) is 9.85 Å². The Labute approximate surface area is 137 Å². The number of urea groups is 1. The summed E-state index contributed by atoms with van der Waals surface area (Å²) in [5, 5.41) is 12.9. The zero-order valence-electron chi connectivity index (χ0n) is 12.4. The minimum absolute atomic E-state index is 0.124. The van der Waals surface area contributed by atoms with Crippen molar-refractivity contribution < 1.29 is 9.59 Å². The number of aromatic nitrogens is 2. The second-order valence-electron chi connectivity index (χ2n) is 6.14. The van der Waals surface area contributed by atoms with Gasteiger partial charge in [0.15, 0.2) is 4.34 Å². The molecule has 2 aliphatic carbocycles. The number of carbonyl (C=O) groups is 2. The van der Waals surface area contributed by atoms with Gasteiger partial charge in [-0.05, 0) is 43.9 Å². The second-order valence-corrected chi connectivity index (χ2v) is 8.20. The van der Waals surface area contributed by atoms with Crippen LogP contribution in [0, 0.1) is 17.8 Å². The van der Waals surface area contributed by atoms with Gasteiger partial charge in [-0.1, -0.05) is 29.5 Å². The molecule has 4 atom stereocenters. The molecular weight excluding hydrogens is 320 g/mol. The molecular formula is C14H20N4O2S2. The van der Waals surface area contributed by atoms with Crippen molar-refractivity contribution in [1.29, 1.82) is 0 Å². The molecule has 0 unspecified atom stereocenters. The predicted molar refractivity (Wildman–Crippen MR) is 85.7 cm³/mol. The Morgan fingerprint density at radius 1 is 1.45 bits per heavy atom. The normalized spacial score (nSPS) is 27.6. The molecule has 0 radical (unpaired) electrons. The molecule has 2 saturated carbocycles. The van der Waals surface area contributed by atoms with Crippen LogP contribution in [0.25, 0.3) is 0 Å². The van der Waals surface area contributed by atoms with Crippen LogP contribution < -0.4 is 10.6 Å². The lowest BCUT2D eigenvalue weighted by atomic mass is 9.84. The quantitative estimate of drug-likeness (QED) is 0.804. The monoisotopic (exact) mass is 340 g/mol. The van der Waals surface area contributed by atoms with Crippen molar-refractivity contribution >= 4 is 35.0 Å². The number of rotatable bonds is 5. The molecule has 2 fully saturated rings. The fourth-order valence-corrected chi connectivity index (χ4v) is 5.06. The van der Waals surface area contributed by atoms with Crippen molar-refractivity contribution in [3.05, 3.63) is 5.51 Å². The van der Waals surface area contributed by atoms with Crippen LogP contribution in [0.3, 0.4) is 0 Å². The van der Waals surface area contributed by atoms with E-state index in [1.54, 1.807) is 5.51 Å². The molecule has 2 aliphatic rings. The van der Waals surface area contributed by atoms with Gasteiger partial charge in [-0.15, -0.1) is 10.2 Å². The van der Waals surface area contributed by atoms with Crippen LogP contribution >= 0.6 is 23.1 Å². The maximum atomic E-state index is 11.9. The van der Waals surface area contributed by atoms with Gasteiger partial charge in [-0.2, -0.15) is 0 Å². The molecule has 0 aliphatic heterocycles. The van der Waals surface area contributed by atoms with Crippen molar-refractivity contribution in [3.63, 3.8) is 0 Å². The van der Waals surface area contributed by atoms with E-state index < -0.39 is 6.03 Å². The highest BCUT2D eigenvalue weighted by molar-refractivity contribution is 8.01. The third-order valence-electron chi connectivity index (χ3n) is 4.71. The van der Waals surface area contributed by atoms with E-state index >= 15 is 0 Å². The Morgan fingerprint density at radius 3 is 2.95 bits per heavy atom. The van der Waals surface area contributed by atoms with Gasteiger partial charge in [0.2, 0.25) is 5.91 Å². The van der Waals surface area contributed by atoms with E-state index in [1.165, 1.54) is 48.8 Å². The largest absolute Gasteiger partial charge is 0.335 e. The topological polar surface area (TPSA) is 84.0 Å². The number of imide groups is 1. The Morgan fingerprint density at radius 2 is 2.32 bits per heavy atom. The molecule has 1 heterocycles. The van der Waals surface area contributed by atoms with Gasteiger partial charge in [-0.25, -0.2) is 4.79 Å². The van der Waals surface area contributed by atoms with E-state index in [2.05, 4.69) is 20.8 Å². The minimum Gasteiger partial charge on any atom is -0.335 e. The number of nitrogens with zero attached hydrogens (tertiary/aromatic N) is 2. The molecule has 6 nitrogen and oxygen atoms in total. The first kappa shape index (κ1) is 15.7. The molecule has 120 valence electrons. The number of fused-ring (bicyclic) bond motifs is 2. The molecule has 3 amide bonds. The number of hydrogen-bond acceptors (Lipinski definition) is 6. The fraction of sp³-hybridized carbons (Fsp3) is 0.714. The van der Waals surface area contributed by atoms with Crippen LogP contribution in [-0.4, -0.2) is 33.9 Å². The Hall–Kier alpha value is -1.15. The third-order valence-corrected chi connectivity index (χ3v) is 6.57. The van der Waals surface area contributed by atoms with Crippen molar-refractivity contribution in [2.75, 3.05) is 5.75 Å². The smallest absolute Gasteiger partial charge is 0.321 e. The van der Waals surface area contributed by atoms with E-state index in [0.29, 0.717) is 5.92 Å². The van der Waals surface area contributed by atoms with E-state index in [1.807, 2.05) is 6.92 Å². The fourth-order valence-electron chi connectivity index (χ4n) is 3.77. The summed E-state index contributed by atoms with van der Waals surface area (Å²) in [5.74, 6) is 2.04. The summed E-state index contributed by atoms with van der Waals surface area (Å²) in [6.07, 6.45) is 5.17.